The fourth-order valence-electron chi connectivity index (χ4n) is 3.52. The smallest absolute Gasteiger partial charge is 0.223 e. The van der Waals surface area contributed by atoms with E-state index in [2.05, 4.69) is 20.3 Å². The van der Waals surface area contributed by atoms with Crippen LogP contribution in [0.4, 0.5) is 10.3 Å². The number of rotatable bonds is 4. The monoisotopic (exact) mass is 354 g/mol. The summed E-state index contributed by atoms with van der Waals surface area (Å²) in [6.45, 7) is 2.77. The molecule has 1 aliphatic carbocycles. The van der Waals surface area contributed by atoms with E-state index in [1.807, 2.05) is 29.7 Å². The number of halogens is 1. The van der Waals surface area contributed by atoms with Gasteiger partial charge in [-0.25, -0.2) is 19.3 Å². The van der Waals surface area contributed by atoms with E-state index in [9.17, 15) is 4.39 Å². The van der Waals surface area contributed by atoms with Crippen LogP contribution in [0.3, 0.4) is 0 Å². The second-order valence-corrected chi connectivity index (χ2v) is 7.13. The Kier molecular flexibility index (Phi) is 4.55. The first-order chi connectivity index (χ1) is 12.6. The van der Waals surface area contributed by atoms with Crippen LogP contribution in [-0.4, -0.2) is 31.9 Å². The number of aryl methyl sites for hydroxylation is 1. The standard InChI is InChI=1S/C19H23FN6/c1-12-2-7-17-22-10-16(26(17)11-12)18-15(20)9-24-19(25-18)23-8-13-3-5-14(21)6-4-13/h2,7,9-11,13-14H,3-6,8,21H2,1H3,(H,23,24,25). The molecule has 1 aliphatic rings. The molecular formula is C19H23FN6. The van der Waals surface area contributed by atoms with Crippen molar-refractivity contribution >= 4 is 11.6 Å². The maximum absolute atomic E-state index is 14.4. The van der Waals surface area contributed by atoms with Gasteiger partial charge in [-0.15, -0.1) is 0 Å². The van der Waals surface area contributed by atoms with Gasteiger partial charge in [0.1, 0.15) is 11.3 Å². The summed E-state index contributed by atoms with van der Waals surface area (Å²) in [5.74, 6) is 0.548. The number of hydrogen-bond donors (Lipinski definition) is 2. The number of nitrogens with one attached hydrogen (secondary N) is 1. The van der Waals surface area contributed by atoms with Crippen molar-refractivity contribution in [2.45, 2.75) is 38.6 Å². The number of nitrogens with zero attached hydrogens (tertiary/aromatic N) is 4. The molecule has 1 fully saturated rings. The van der Waals surface area contributed by atoms with E-state index in [0.717, 1.165) is 43.4 Å². The molecule has 3 aromatic rings. The SMILES string of the molecule is Cc1ccc2ncc(-c3nc(NCC4CCC(N)CC4)ncc3F)n2c1. The van der Waals surface area contributed by atoms with Gasteiger partial charge in [-0.1, -0.05) is 6.07 Å². The third-order valence-electron chi connectivity index (χ3n) is 5.08. The lowest BCUT2D eigenvalue weighted by molar-refractivity contribution is 0.338. The number of fused-ring (bicyclic) bond motifs is 1. The molecule has 4 rings (SSSR count). The second kappa shape index (κ2) is 6.99. The Hall–Kier alpha value is -2.54. The van der Waals surface area contributed by atoms with E-state index in [-0.39, 0.29) is 5.69 Å². The second-order valence-electron chi connectivity index (χ2n) is 7.13. The van der Waals surface area contributed by atoms with Crippen LogP contribution in [-0.2, 0) is 0 Å². The molecule has 1 saturated carbocycles. The maximum Gasteiger partial charge on any atom is 0.223 e. The highest BCUT2D eigenvalue weighted by Crippen LogP contribution is 2.25. The van der Waals surface area contributed by atoms with Crippen LogP contribution in [0.1, 0.15) is 31.2 Å². The van der Waals surface area contributed by atoms with Crippen molar-refractivity contribution in [3.05, 3.63) is 42.1 Å². The molecule has 7 heteroatoms. The zero-order valence-electron chi connectivity index (χ0n) is 14.8. The van der Waals surface area contributed by atoms with Gasteiger partial charge in [-0.05, 0) is 50.2 Å². The summed E-state index contributed by atoms with van der Waals surface area (Å²) in [5, 5.41) is 3.26. The normalized spacial score (nSPS) is 20.4. The number of imidazole rings is 1. The first kappa shape index (κ1) is 16.9. The minimum atomic E-state index is -0.456. The average Bonchev–Trinajstić information content (AvgIpc) is 3.05. The number of pyridine rings is 1. The number of hydrogen-bond acceptors (Lipinski definition) is 5. The zero-order chi connectivity index (χ0) is 18.1. The summed E-state index contributed by atoms with van der Waals surface area (Å²) in [5.41, 5.74) is 8.66. The van der Waals surface area contributed by atoms with E-state index >= 15 is 0 Å². The highest BCUT2D eigenvalue weighted by Gasteiger charge is 2.19. The Morgan fingerprint density at radius 2 is 2.00 bits per heavy atom. The molecule has 136 valence electrons. The van der Waals surface area contributed by atoms with Crippen molar-refractivity contribution in [2.75, 3.05) is 11.9 Å². The molecule has 26 heavy (non-hydrogen) atoms. The fraction of sp³-hybridized carbons (Fsp3) is 0.421. The van der Waals surface area contributed by atoms with Gasteiger partial charge in [0, 0.05) is 18.8 Å². The molecule has 3 heterocycles. The Labute approximate surface area is 151 Å². The Morgan fingerprint density at radius 1 is 1.19 bits per heavy atom. The molecule has 0 aromatic carbocycles. The molecule has 0 saturated heterocycles. The Morgan fingerprint density at radius 3 is 2.81 bits per heavy atom. The predicted octanol–water partition coefficient (Wildman–Crippen LogP) is 3.17. The van der Waals surface area contributed by atoms with Crippen molar-refractivity contribution in [1.82, 2.24) is 19.4 Å². The van der Waals surface area contributed by atoms with Gasteiger partial charge >= 0.3 is 0 Å². The molecule has 0 radical (unpaired) electrons. The predicted molar refractivity (Wildman–Crippen MR) is 99.3 cm³/mol. The minimum absolute atomic E-state index is 0.256. The van der Waals surface area contributed by atoms with Gasteiger partial charge in [0.2, 0.25) is 5.95 Å². The summed E-state index contributed by atoms with van der Waals surface area (Å²) in [6, 6.07) is 4.22. The maximum atomic E-state index is 14.4. The molecule has 6 nitrogen and oxygen atoms in total. The third kappa shape index (κ3) is 3.39. The molecule has 0 amide bonds. The molecule has 0 spiro atoms. The lowest BCUT2D eigenvalue weighted by Gasteiger charge is -2.26. The van der Waals surface area contributed by atoms with Crippen LogP contribution in [0.15, 0.2) is 30.7 Å². The van der Waals surface area contributed by atoms with Gasteiger partial charge in [0.05, 0.1) is 18.1 Å². The Bertz CT molecular complexity index is 914. The van der Waals surface area contributed by atoms with Crippen LogP contribution in [0.25, 0.3) is 17.0 Å². The highest BCUT2D eigenvalue weighted by molar-refractivity contribution is 5.61. The van der Waals surface area contributed by atoms with Gasteiger partial charge in [-0.3, -0.25) is 4.40 Å². The summed E-state index contributed by atoms with van der Waals surface area (Å²) < 4.78 is 16.2. The van der Waals surface area contributed by atoms with Crippen molar-refractivity contribution in [1.29, 1.82) is 0 Å². The van der Waals surface area contributed by atoms with E-state index in [1.54, 1.807) is 6.20 Å². The van der Waals surface area contributed by atoms with E-state index < -0.39 is 5.82 Å². The molecule has 0 atom stereocenters. The van der Waals surface area contributed by atoms with E-state index in [4.69, 9.17) is 5.73 Å². The first-order valence-corrected chi connectivity index (χ1v) is 9.06. The molecule has 3 aromatic heterocycles. The molecular weight excluding hydrogens is 331 g/mol. The minimum Gasteiger partial charge on any atom is -0.354 e. The highest BCUT2D eigenvalue weighted by atomic mass is 19.1. The van der Waals surface area contributed by atoms with E-state index in [1.165, 1.54) is 6.20 Å². The quantitative estimate of drug-likeness (QED) is 0.752. The van der Waals surface area contributed by atoms with Crippen molar-refractivity contribution in [3.8, 4) is 11.4 Å². The summed E-state index contributed by atoms with van der Waals surface area (Å²) in [4.78, 5) is 12.8. The lowest BCUT2D eigenvalue weighted by Crippen LogP contribution is -2.29. The zero-order valence-corrected chi connectivity index (χ0v) is 14.8. The Balaban J connectivity index is 1.57. The first-order valence-electron chi connectivity index (χ1n) is 9.06. The summed E-state index contributed by atoms with van der Waals surface area (Å²) >= 11 is 0. The van der Waals surface area contributed by atoms with Gasteiger partial charge in [0.15, 0.2) is 5.82 Å². The van der Waals surface area contributed by atoms with Crippen molar-refractivity contribution < 1.29 is 4.39 Å². The van der Waals surface area contributed by atoms with Crippen LogP contribution in [0, 0.1) is 18.7 Å². The van der Waals surface area contributed by atoms with Crippen molar-refractivity contribution in [2.24, 2.45) is 11.7 Å². The fourth-order valence-corrected chi connectivity index (χ4v) is 3.52. The number of anilines is 1. The van der Waals surface area contributed by atoms with Crippen LogP contribution < -0.4 is 11.1 Å². The number of aromatic nitrogens is 4. The third-order valence-corrected chi connectivity index (χ3v) is 5.08. The van der Waals surface area contributed by atoms with Crippen LogP contribution in [0.5, 0.6) is 0 Å². The summed E-state index contributed by atoms with van der Waals surface area (Å²) in [7, 11) is 0. The van der Waals surface area contributed by atoms with Gasteiger partial charge in [0.25, 0.3) is 0 Å². The lowest BCUT2D eigenvalue weighted by atomic mass is 9.86. The van der Waals surface area contributed by atoms with Gasteiger partial charge < -0.3 is 11.1 Å². The van der Waals surface area contributed by atoms with E-state index in [0.29, 0.717) is 23.6 Å². The van der Waals surface area contributed by atoms with Crippen LogP contribution >= 0.6 is 0 Å². The average molecular weight is 354 g/mol. The molecule has 0 bridgehead atoms. The largest absolute Gasteiger partial charge is 0.354 e. The van der Waals surface area contributed by atoms with Crippen LogP contribution in [0.2, 0.25) is 0 Å². The molecule has 0 aliphatic heterocycles. The van der Waals surface area contributed by atoms with Crippen molar-refractivity contribution in [3.63, 3.8) is 0 Å². The topological polar surface area (TPSA) is 81.1 Å². The molecule has 0 unspecified atom stereocenters. The summed E-state index contributed by atoms with van der Waals surface area (Å²) in [6.07, 6.45) is 9.12. The molecule has 3 N–H and O–H groups in total. The van der Waals surface area contributed by atoms with Gasteiger partial charge in [-0.2, -0.15) is 0 Å². The number of nitrogens with two attached hydrogens (primary N) is 1.